The predicted molar refractivity (Wildman–Crippen MR) is 59.2 cm³/mol. The lowest BCUT2D eigenvalue weighted by Crippen LogP contribution is -2.07. The number of benzene rings is 1. The molecule has 0 spiro atoms. The van der Waals surface area contributed by atoms with Crippen LogP contribution in [0.2, 0.25) is 0 Å². The van der Waals surface area contributed by atoms with Crippen LogP contribution in [0.1, 0.15) is 32.3 Å². The van der Waals surface area contributed by atoms with Gasteiger partial charge < -0.3 is 11.1 Å². The maximum Gasteiger partial charge on any atom is 0.221 e. The summed E-state index contributed by atoms with van der Waals surface area (Å²) in [7, 11) is 0. The van der Waals surface area contributed by atoms with Gasteiger partial charge >= 0.3 is 0 Å². The standard InChI is InChI=1S/C11H16N2O/c1-7(2)10-6-9(13-8(3)14)4-5-11(10)12/h4-7H,12H2,1-3H3,(H,13,14). The topological polar surface area (TPSA) is 55.1 Å². The maximum absolute atomic E-state index is 10.8. The maximum atomic E-state index is 10.8. The van der Waals surface area contributed by atoms with Crippen LogP contribution in [0.25, 0.3) is 0 Å². The van der Waals surface area contributed by atoms with Gasteiger partial charge in [0.1, 0.15) is 0 Å². The van der Waals surface area contributed by atoms with Crippen LogP contribution >= 0.6 is 0 Å². The van der Waals surface area contributed by atoms with E-state index in [1.54, 1.807) is 0 Å². The number of hydrogen-bond donors (Lipinski definition) is 2. The zero-order chi connectivity index (χ0) is 10.7. The van der Waals surface area contributed by atoms with Crippen molar-refractivity contribution in [3.8, 4) is 0 Å². The molecule has 0 radical (unpaired) electrons. The van der Waals surface area contributed by atoms with E-state index in [1.807, 2.05) is 18.2 Å². The van der Waals surface area contributed by atoms with Crippen molar-refractivity contribution in [1.82, 2.24) is 0 Å². The van der Waals surface area contributed by atoms with Crippen molar-refractivity contribution in [3.63, 3.8) is 0 Å². The first-order valence-corrected chi connectivity index (χ1v) is 4.67. The molecule has 3 N–H and O–H groups in total. The minimum absolute atomic E-state index is 0.0653. The Bertz CT molecular complexity index is 345. The Morgan fingerprint density at radius 3 is 2.57 bits per heavy atom. The molecule has 1 aromatic carbocycles. The normalized spacial score (nSPS) is 10.3. The molecule has 1 rings (SSSR count). The van der Waals surface area contributed by atoms with Crippen LogP contribution in [0.3, 0.4) is 0 Å². The first-order valence-electron chi connectivity index (χ1n) is 4.67. The number of carbonyl (C=O) groups excluding carboxylic acids is 1. The molecule has 0 saturated carbocycles. The third kappa shape index (κ3) is 2.49. The molecule has 0 aromatic heterocycles. The lowest BCUT2D eigenvalue weighted by atomic mass is 10.0. The summed E-state index contributed by atoms with van der Waals surface area (Å²) in [6.07, 6.45) is 0. The summed E-state index contributed by atoms with van der Waals surface area (Å²) >= 11 is 0. The number of rotatable bonds is 2. The van der Waals surface area contributed by atoms with Crippen molar-refractivity contribution in [2.24, 2.45) is 0 Å². The highest BCUT2D eigenvalue weighted by molar-refractivity contribution is 5.89. The highest BCUT2D eigenvalue weighted by Gasteiger charge is 2.05. The van der Waals surface area contributed by atoms with Crippen LogP contribution in [0.4, 0.5) is 11.4 Å². The molecule has 0 bridgehead atoms. The van der Waals surface area contributed by atoms with E-state index in [0.717, 1.165) is 16.9 Å². The van der Waals surface area contributed by atoms with E-state index in [2.05, 4.69) is 19.2 Å². The third-order valence-electron chi connectivity index (χ3n) is 2.03. The minimum atomic E-state index is -0.0653. The molecule has 0 fully saturated rings. The molecule has 0 aliphatic heterocycles. The van der Waals surface area contributed by atoms with Crippen LogP contribution < -0.4 is 11.1 Å². The van der Waals surface area contributed by atoms with Gasteiger partial charge in [0.15, 0.2) is 0 Å². The largest absolute Gasteiger partial charge is 0.398 e. The molecule has 3 heteroatoms. The molecule has 14 heavy (non-hydrogen) atoms. The van der Waals surface area contributed by atoms with Gasteiger partial charge in [-0.15, -0.1) is 0 Å². The minimum Gasteiger partial charge on any atom is -0.398 e. The molecule has 3 nitrogen and oxygen atoms in total. The molecule has 0 saturated heterocycles. The van der Waals surface area contributed by atoms with Crippen molar-refractivity contribution >= 4 is 17.3 Å². The van der Waals surface area contributed by atoms with E-state index in [1.165, 1.54) is 6.92 Å². The van der Waals surface area contributed by atoms with E-state index >= 15 is 0 Å². The van der Waals surface area contributed by atoms with Crippen molar-refractivity contribution < 1.29 is 4.79 Å². The Kier molecular flexibility index (Phi) is 3.12. The zero-order valence-corrected chi connectivity index (χ0v) is 8.79. The van der Waals surface area contributed by atoms with Crippen LogP contribution in [0, 0.1) is 0 Å². The van der Waals surface area contributed by atoms with Crippen molar-refractivity contribution in [3.05, 3.63) is 23.8 Å². The van der Waals surface area contributed by atoms with Crippen molar-refractivity contribution in [1.29, 1.82) is 0 Å². The second-order valence-electron chi connectivity index (χ2n) is 3.68. The van der Waals surface area contributed by atoms with Gasteiger partial charge in [-0.3, -0.25) is 4.79 Å². The molecule has 0 heterocycles. The summed E-state index contributed by atoms with van der Waals surface area (Å²) in [5, 5.41) is 2.73. The number of carbonyl (C=O) groups is 1. The Balaban J connectivity index is 3.00. The van der Waals surface area contributed by atoms with Crippen LogP contribution in [0.15, 0.2) is 18.2 Å². The van der Waals surface area contributed by atoms with Crippen LogP contribution in [0.5, 0.6) is 0 Å². The summed E-state index contributed by atoms with van der Waals surface area (Å²) in [6, 6.07) is 5.55. The molecule has 0 atom stereocenters. The van der Waals surface area contributed by atoms with Gasteiger partial charge in [-0.2, -0.15) is 0 Å². The quantitative estimate of drug-likeness (QED) is 0.707. The van der Waals surface area contributed by atoms with Gasteiger partial charge in [0.25, 0.3) is 0 Å². The van der Waals surface area contributed by atoms with E-state index in [-0.39, 0.29) is 5.91 Å². The Morgan fingerprint density at radius 1 is 1.43 bits per heavy atom. The SMILES string of the molecule is CC(=O)Nc1ccc(N)c(C(C)C)c1. The fourth-order valence-electron chi connectivity index (χ4n) is 1.36. The second kappa shape index (κ2) is 4.13. The highest BCUT2D eigenvalue weighted by Crippen LogP contribution is 2.24. The summed E-state index contributed by atoms with van der Waals surface area (Å²) in [4.78, 5) is 10.8. The van der Waals surface area contributed by atoms with Crippen molar-refractivity contribution in [2.75, 3.05) is 11.1 Å². The van der Waals surface area contributed by atoms with E-state index in [0.29, 0.717) is 5.92 Å². The smallest absolute Gasteiger partial charge is 0.221 e. The predicted octanol–water partition coefficient (Wildman–Crippen LogP) is 2.35. The Labute approximate surface area is 84.3 Å². The van der Waals surface area contributed by atoms with Gasteiger partial charge in [-0.05, 0) is 29.7 Å². The fraction of sp³-hybridized carbons (Fsp3) is 0.364. The molecule has 0 aliphatic rings. The average molecular weight is 192 g/mol. The number of amides is 1. The summed E-state index contributed by atoms with van der Waals surface area (Å²) < 4.78 is 0. The van der Waals surface area contributed by atoms with E-state index in [9.17, 15) is 4.79 Å². The second-order valence-corrected chi connectivity index (χ2v) is 3.68. The summed E-state index contributed by atoms with van der Waals surface area (Å²) in [5.41, 5.74) is 8.45. The molecule has 1 amide bonds. The Hall–Kier alpha value is -1.51. The van der Waals surface area contributed by atoms with Crippen LogP contribution in [-0.2, 0) is 4.79 Å². The summed E-state index contributed by atoms with van der Waals surface area (Å²) in [6.45, 7) is 5.64. The zero-order valence-electron chi connectivity index (χ0n) is 8.79. The van der Waals surface area contributed by atoms with Gasteiger partial charge in [0.05, 0.1) is 0 Å². The summed E-state index contributed by atoms with van der Waals surface area (Å²) in [5.74, 6) is 0.299. The first-order chi connectivity index (χ1) is 6.50. The third-order valence-corrected chi connectivity index (χ3v) is 2.03. The van der Waals surface area contributed by atoms with E-state index < -0.39 is 0 Å². The van der Waals surface area contributed by atoms with Gasteiger partial charge in [0, 0.05) is 18.3 Å². The van der Waals surface area contributed by atoms with Gasteiger partial charge in [0.2, 0.25) is 5.91 Å². The van der Waals surface area contributed by atoms with E-state index in [4.69, 9.17) is 5.73 Å². The number of anilines is 2. The first kappa shape index (κ1) is 10.6. The molecule has 0 unspecified atom stereocenters. The highest BCUT2D eigenvalue weighted by atomic mass is 16.1. The average Bonchev–Trinajstić information content (AvgIpc) is 2.07. The number of nitrogens with two attached hydrogens (primary N) is 1. The van der Waals surface area contributed by atoms with Gasteiger partial charge in [-0.1, -0.05) is 13.8 Å². The molecule has 0 aliphatic carbocycles. The fourth-order valence-corrected chi connectivity index (χ4v) is 1.36. The molecular formula is C11H16N2O. The molecule has 1 aromatic rings. The molecular weight excluding hydrogens is 176 g/mol. The molecule has 76 valence electrons. The monoisotopic (exact) mass is 192 g/mol. The lowest BCUT2D eigenvalue weighted by molar-refractivity contribution is -0.114. The van der Waals surface area contributed by atoms with Crippen LogP contribution in [-0.4, -0.2) is 5.91 Å². The Morgan fingerprint density at radius 2 is 2.07 bits per heavy atom. The lowest BCUT2D eigenvalue weighted by Gasteiger charge is -2.11. The van der Waals surface area contributed by atoms with Crippen molar-refractivity contribution in [2.45, 2.75) is 26.7 Å². The number of hydrogen-bond acceptors (Lipinski definition) is 2. The van der Waals surface area contributed by atoms with Gasteiger partial charge in [-0.25, -0.2) is 0 Å². The number of nitrogens with one attached hydrogen (secondary N) is 1. The number of nitrogen functional groups attached to an aromatic ring is 1.